The van der Waals surface area contributed by atoms with E-state index in [1.165, 1.54) is 30.3 Å². The van der Waals surface area contributed by atoms with E-state index in [0.717, 1.165) is 42.7 Å². The minimum atomic E-state index is -4.47. The lowest BCUT2D eigenvalue weighted by Gasteiger charge is -2.21. The van der Waals surface area contributed by atoms with E-state index in [0.29, 0.717) is 12.1 Å². The molecule has 172 valence electrons. The number of benzene rings is 2. The van der Waals surface area contributed by atoms with Gasteiger partial charge < -0.3 is 10.6 Å². The van der Waals surface area contributed by atoms with Crippen molar-refractivity contribution in [3.8, 4) is 0 Å². The molecular formula is C24H27F3N2O2S. The summed E-state index contributed by atoms with van der Waals surface area (Å²) in [5.41, 5.74) is -0.0199. The Kier molecular flexibility index (Phi) is 8.23. The summed E-state index contributed by atoms with van der Waals surface area (Å²) in [6.45, 7) is 1.85. The van der Waals surface area contributed by atoms with Gasteiger partial charge in [-0.3, -0.25) is 9.59 Å². The van der Waals surface area contributed by atoms with Crippen molar-refractivity contribution in [1.82, 2.24) is 0 Å². The molecule has 1 saturated carbocycles. The molecule has 0 spiro atoms. The van der Waals surface area contributed by atoms with Crippen LogP contribution < -0.4 is 10.6 Å². The van der Waals surface area contributed by atoms with Gasteiger partial charge in [-0.05, 0) is 55.7 Å². The fraction of sp³-hybridized carbons (Fsp3) is 0.417. The van der Waals surface area contributed by atoms with Crippen LogP contribution in [0.2, 0.25) is 0 Å². The molecule has 2 aromatic carbocycles. The van der Waals surface area contributed by atoms with Crippen molar-refractivity contribution in [3.63, 3.8) is 0 Å². The Morgan fingerprint density at radius 1 is 1.00 bits per heavy atom. The SMILES string of the molecule is CCC(Sc1cccc(NC(=O)C2CCCCC2)c1)C(=O)Nc1cccc(C(F)(F)F)c1. The lowest BCUT2D eigenvalue weighted by molar-refractivity contribution is -0.137. The summed E-state index contributed by atoms with van der Waals surface area (Å²) in [7, 11) is 0. The predicted molar refractivity (Wildman–Crippen MR) is 122 cm³/mol. The summed E-state index contributed by atoms with van der Waals surface area (Å²) >= 11 is 1.32. The molecule has 8 heteroatoms. The molecule has 0 bridgehead atoms. The third kappa shape index (κ3) is 6.76. The van der Waals surface area contributed by atoms with Gasteiger partial charge in [-0.25, -0.2) is 0 Å². The van der Waals surface area contributed by atoms with Crippen LogP contribution in [0, 0.1) is 5.92 Å². The second-order valence-corrected chi connectivity index (χ2v) is 9.21. The molecule has 0 aliphatic heterocycles. The zero-order valence-electron chi connectivity index (χ0n) is 17.9. The van der Waals surface area contributed by atoms with E-state index in [4.69, 9.17) is 0 Å². The standard InChI is InChI=1S/C24H27F3N2O2S/c1-2-21(23(31)29-18-11-6-10-17(14-18)24(25,26)27)32-20-13-7-12-19(15-20)28-22(30)16-8-4-3-5-9-16/h6-7,10-16,21H,2-5,8-9H2,1H3,(H,28,30)(H,29,31). The third-order valence-electron chi connectivity index (χ3n) is 5.48. The van der Waals surface area contributed by atoms with Crippen LogP contribution in [0.15, 0.2) is 53.4 Å². The van der Waals surface area contributed by atoms with Crippen LogP contribution in [0.3, 0.4) is 0 Å². The minimum absolute atomic E-state index is 0.0289. The number of hydrogen-bond acceptors (Lipinski definition) is 3. The highest BCUT2D eigenvalue weighted by Gasteiger charge is 2.30. The van der Waals surface area contributed by atoms with Gasteiger partial charge in [-0.2, -0.15) is 13.2 Å². The first-order valence-corrected chi connectivity index (χ1v) is 11.7. The first-order chi connectivity index (χ1) is 15.3. The summed E-state index contributed by atoms with van der Waals surface area (Å²) in [4.78, 5) is 26.0. The number of alkyl halides is 3. The minimum Gasteiger partial charge on any atom is -0.326 e. The van der Waals surface area contributed by atoms with E-state index in [2.05, 4.69) is 10.6 Å². The Hall–Kier alpha value is -2.48. The van der Waals surface area contributed by atoms with E-state index in [9.17, 15) is 22.8 Å². The van der Waals surface area contributed by atoms with Gasteiger partial charge in [0.15, 0.2) is 0 Å². The maximum atomic E-state index is 12.9. The first-order valence-electron chi connectivity index (χ1n) is 10.8. The van der Waals surface area contributed by atoms with E-state index in [-0.39, 0.29) is 23.4 Å². The van der Waals surface area contributed by atoms with Crippen molar-refractivity contribution in [1.29, 1.82) is 0 Å². The van der Waals surface area contributed by atoms with Gasteiger partial charge in [-0.15, -0.1) is 11.8 Å². The van der Waals surface area contributed by atoms with Crippen LogP contribution in [0.5, 0.6) is 0 Å². The fourth-order valence-electron chi connectivity index (χ4n) is 3.74. The highest BCUT2D eigenvalue weighted by molar-refractivity contribution is 8.00. The van der Waals surface area contributed by atoms with Gasteiger partial charge in [0.1, 0.15) is 0 Å². The number of amides is 2. The van der Waals surface area contributed by atoms with Crippen molar-refractivity contribution >= 4 is 35.0 Å². The van der Waals surface area contributed by atoms with Gasteiger partial charge in [0.2, 0.25) is 11.8 Å². The average Bonchev–Trinajstić information content (AvgIpc) is 2.78. The second kappa shape index (κ2) is 10.9. The number of carbonyl (C=O) groups is 2. The summed E-state index contributed by atoms with van der Waals surface area (Å²) in [5, 5.41) is 5.07. The molecule has 0 radical (unpaired) electrons. The molecule has 2 aromatic rings. The van der Waals surface area contributed by atoms with Crippen LogP contribution in [0.4, 0.5) is 24.5 Å². The molecule has 0 saturated heterocycles. The highest BCUT2D eigenvalue weighted by atomic mass is 32.2. The number of anilines is 2. The number of thioether (sulfide) groups is 1. The molecule has 32 heavy (non-hydrogen) atoms. The van der Waals surface area contributed by atoms with Crippen LogP contribution >= 0.6 is 11.8 Å². The maximum absolute atomic E-state index is 12.9. The van der Waals surface area contributed by atoms with Crippen molar-refractivity contribution < 1.29 is 22.8 Å². The smallest absolute Gasteiger partial charge is 0.326 e. The molecule has 3 rings (SSSR count). The summed E-state index contributed by atoms with van der Waals surface area (Å²) < 4.78 is 38.8. The van der Waals surface area contributed by atoms with Crippen molar-refractivity contribution in [2.45, 2.75) is 61.8 Å². The van der Waals surface area contributed by atoms with Gasteiger partial charge in [0, 0.05) is 22.2 Å². The first kappa shape index (κ1) is 24.2. The molecule has 4 nitrogen and oxygen atoms in total. The molecule has 0 heterocycles. The number of carbonyl (C=O) groups excluding carboxylic acids is 2. The maximum Gasteiger partial charge on any atom is 0.416 e. The molecular weight excluding hydrogens is 437 g/mol. The van der Waals surface area contributed by atoms with E-state index in [1.54, 1.807) is 0 Å². The Morgan fingerprint density at radius 2 is 1.66 bits per heavy atom. The Morgan fingerprint density at radius 3 is 2.31 bits per heavy atom. The quantitative estimate of drug-likeness (QED) is 0.447. The van der Waals surface area contributed by atoms with Crippen LogP contribution in [-0.4, -0.2) is 17.1 Å². The molecule has 1 unspecified atom stereocenters. The van der Waals surface area contributed by atoms with Gasteiger partial charge >= 0.3 is 6.18 Å². The summed E-state index contributed by atoms with van der Waals surface area (Å²) in [6, 6.07) is 11.9. The molecule has 1 fully saturated rings. The Bertz CT molecular complexity index is 943. The molecule has 2 N–H and O–H groups in total. The number of hydrogen-bond donors (Lipinski definition) is 2. The van der Waals surface area contributed by atoms with E-state index < -0.39 is 17.0 Å². The third-order valence-corrected chi connectivity index (χ3v) is 6.83. The lowest BCUT2D eigenvalue weighted by Crippen LogP contribution is -2.25. The fourth-order valence-corrected chi connectivity index (χ4v) is 4.75. The zero-order valence-corrected chi connectivity index (χ0v) is 18.7. The monoisotopic (exact) mass is 464 g/mol. The molecule has 1 aliphatic rings. The van der Waals surface area contributed by atoms with E-state index >= 15 is 0 Å². The number of nitrogens with one attached hydrogen (secondary N) is 2. The van der Waals surface area contributed by atoms with Crippen molar-refractivity contribution in [3.05, 3.63) is 54.1 Å². The molecule has 2 amide bonds. The van der Waals surface area contributed by atoms with Gasteiger partial charge in [0.05, 0.1) is 10.8 Å². The zero-order chi connectivity index (χ0) is 23.1. The predicted octanol–water partition coefficient (Wildman–Crippen LogP) is 6.73. The van der Waals surface area contributed by atoms with Crippen molar-refractivity contribution in [2.75, 3.05) is 10.6 Å². The highest BCUT2D eigenvalue weighted by Crippen LogP contribution is 2.32. The molecule has 0 aromatic heterocycles. The van der Waals surface area contributed by atoms with Gasteiger partial charge in [0.25, 0.3) is 0 Å². The lowest BCUT2D eigenvalue weighted by atomic mass is 9.88. The summed E-state index contributed by atoms with van der Waals surface area (Å²) in [6.07, 6.45) is 1.18. The molecule has 1 atom stereocenters. The van der Waals surface area contributed by atoms with E-state index in [1.807, 2.05) is 31.2 Å². The second-order valence-electron chi connectivity index (χ2n) is 7.93. The van der Waals surface area contributed by atoms with Crippen LogP contribution in [-0.2, 0) is 15.8 Å². The summed E-state index contributed by atoms with van der Waals surface area (Å²) in [5.74, 6) is -0.295. The topological polar surface area (TPSA) is 58.2 Å². The largest absolute Gasteiger partial charge is 0.416 e. The van der Waals surface area contributed by atoms with Crippen LogP contribution in [0.1, 0.15) is 51.0 Å². The molecule has 1 aliphatic carbocycles. The van der Waals surface area contributed by atoms with Gasteiger partial charge in [-0.1, -0.05) is 38.3 Å². The Balaban J connectivity index is 1.63. The normalized spacial score (nSPS) is 15.8. The Labute approximate surface area is 190 Å². The van der Waals surface area contributed by atoms with Crippen LogP contribution in [0.25, 0.3) is 0 Å². The average molecular weight is 465 g/mol. The van der Waals surface area contributed by atoms with Crippen molar-refractivity contribution in [2.24, 2.45) is 5.92 Å². The number of halogens is 3. The number of rotatable bonds is 7.